The molecule has 0 radical (unpaired) electrons. The third-order valence-corrected chi connectivity index (χ3v) is 1.08. The Morgan fingerprint density at radius 2 is 1.00 bits per heavy atom. The van der Waals surface area contributed by atoms with Gasteiger partial charge in [0.05, 0.1) is 12.5 Å². The summed E-state index contributed by atoms with van der Waals surface area (Å²) in [6, 6.07) is 0. The van der Waals surface area contributed by atoms with Gasteiger partial charge < -0.3 is 9.47 Å². The molecule has 0 N–H and O–H groups in total. The lowest BCUT2D eigenvalue weighted by Crippen LogP contribution is -2.23. The smallest absolute Gasteiger partial charge is 0.428 e. The van der Waals surface area contributed by atoms with Crippen molar-refractivity contribution in [2.24, 2.45) is 0 Å². The first-order chi connectivity index (χ1) is 8.05. The summed E-state index contributed by atoms with van der Waals surface area (Å²) in [5, 5.41) is 0. The number of hydrogen-bond donors (Lipinski definition) is 0. The SMILES string of the molecule is O=C(OC=CC=COC(=O)C(F)(F)F)C(F)(F)F. The van der Waals surface area contributed by atoms with E-state index in [1.807, 2.05) is 0 Å². The normalized spacial score (nSPS) is 13.0. The van der Waals surface area contributed by atoms with E-state index in [2.05, 4.69) is 9.47 Å². The van der Waals surface area contributed by atoms with Crippen LogP contribution >= 0.6 is 0 Å². The Hall–Kier alpha value is -2.00. The van der Waals surface area contributed by atoms with Gasteiger partial charge in [-0.3, -0.25) is 0 Å². The number of esters is 2. The van der Waals surface area contributed by atoms with Crippen LogP contribution in [0.3, 0.4) is 0 Å². The summed E-state index contributed by atoms with van der Waals surface area (Å²) >= 11 is 0. The van der Waals surface area contributed by atoms with Crippen LogP contribution in [0.4, 0.5) is 26.3 Å². The fourth-order valence-electron chi connectivity index (χ4n) is 0.427. The number of carbonyl (C=O) groups excluding carboxylic acids is 2. The maximum absolute atomic E-state index is 11.5. The van der Waals surface area contributed by atoms with Crippen LogP contribution in [-0.2, 0) is 19.1 Å². The first kappa shape index (κ1) is 16.0. The van der Waals surface area contributed by atoms with Crippen molar-refractivity contribution >= 4 is 11.9 Å². The quantitative estimate of drug-likeness (QED) is 0.344. The molecular formula is C8H4F6O4. The Kier molecular flexibility index (Phi) is 5.40. The first-order valence-corrected chi connectivity index (χ1v) is 3.92. The predicted octanol–water partition coefficient (Wildman–Crippen LogP) is 2.22. The Bertz CT molecular complexity index is 329. The van der Waals surface area contributed by atoms with Crippen molar-refractivity contribution in [1.29, 1.82) is 0 Å². The lowest BCUT2D eigenvalue weighted by molar-refractivity contribution is -0.194. The Morgan fingerprint density at radius 1 is 0.722 bits per heavy atom. The third-order valence-electron chi connectivity index (χ3n) is 1.08. The molecule has 0 aliphatic heterocycles. The number of ether oxygens (including phenoxy) is 2. The molecule has 4 nitrogen and oxygen atoms in total. The summed E-state index contributed by atoms with van der Waals surface area (Å²) in [5.41, 5.74) is 0. The second kappa shape index (κ2) is 6.07. The van der Waals surface area contributed by atoms with E-state index in [0.29, 0.717) is 12.2 Å². The molecule has 18 heavy (non-hydrogen) atoms. The molecule has 0 bridgehead atoms. The minimum absolute atomic E-state index is 0.258. The average Bonchev–Trinajstić information content (AvgIpc) is 2.19. The lowest BCUT2D eigenvalue weighted by atomic mass is 10.6. The van der Waals surface area contributed by atoms with Crippen LogP contribution in [0.25, 0.3) is 0 Å². The van der Waals surface area contributed by atoms with E-state index in [0.717, 1.165) is 0 Å². The zero-order valence-corrected chi connectivity index (χ0v) is 8.21. The lowest BCUT2D eigenvalue weighted by Gasteiger charge is -2.02. The van der Waals surface area contributed by atoms with Gasteiger partial charge in [0.25, 0.3) is 0 Å². The molecular weight excluding hydrogens is 274 g/mol. The van der Waals surface area contributed by atoms with Crippen LogP contribution in [0.2, 0.25) is 0 Å². The van der Waals surface area contributed by atoms with Crippen LogP contribution < -0.4 is 0 Å². The van der Waals surface area contributed by atoms with Gasteiger partial charge in [0, 0.05) is 0 Å². The van der Waals surface area contributed by atoms with Gasteiger partial charge in [0.1, 0.15) is 0 Å². The monoisotopic (exact) mass is 278 g/mol. The topological polar surface area (TPSA) is 52.6 Å². The van der Waals surface area contributed by atoms with E-state index in [9.17, 15) is 35.9 Å². The Morgan fingerprint density at radius 3 is 1.22 bits per heavy atom. The summed E-state index contributed by atoms with van der Waals surface area (Å²) in [6.07, 6.45) is -8.62. The number of hydrogen-bond acceptors (Lipinski definition) is 4. The third kappa shape index (κ3) is 6.55. The minimum atomic E-state index is -5.18. The van der Waals surface area contributed by atoms with Crippen molar-refractivity contribution in [3.8, 4) is 0 Å². The van der Waals surface area contributed by atoms with Gasteiger partial charge >= 0.3 is 24.3 Å². The summed E-state index contributed by atoms with van der Waals surface area (Å²) in [4.78, 5) is 20.2. The molecule has 0 atom stereocenters. The van der Waals surface area contributed by atoms with Gasteiger partial charge in [-0.2, -0.15) is 26.3 Å². The van der Waals surface area contributed by atoms with E-state index in [4.69, 9.17) is 0 Å². The van der Waals surface area contributed by atoms with Crippen molar-refractivity contribution < 1.29 is 45.4 Å². The van der Waals surface area contributed by atoms with Gasteiger partial charge in [-0.1, -0.05) is 0 Å². The minimum Gasteiger partial charge on any atom is -0.428 e. The average molecular weight is 278 g/mol. The van der Waals surface area contributed by atoms with Crippen LogP contribution in [0.15, 0.2) is 24.7 Å². The van der Waals surface area contributed by atoms with Gasteiger partial charge in [-0.25, -0.2) is 9.59 Å². The molecule has 10 heteroatoms. The molecule has 0 aliphatic rings. The standard InChI is InChI=1S/C8H4F6O4/c9-7(10,11)5(15)17-3-1-2-4-18-6(16)8(12,13)14/h1-4H. The zero-order chi connectivity index (χ0) is 14.4. The van der Waals surface area contributed by atoms with Crippen molar-refractivity contribution in [3.63, 3.8) is 0 Å². The van der Waals surface area contributed by atoms with Crippen LogP contribution in [0, 0.1) is 0 Å². The maximum atomic E-state index is 11.5. The Balaban J connectivity index is 4.05. The fourth-order valence-corrected chi connectivity index (χ4v) is 0.427. The molecule has 0 aromatic rings. The summed E-state index contributed by atoms with van der Waals surface area (Å²) in [6.45, 7) is 0. The number of alkyl halides is 6. The molecule has 0 aliphatic carbocycles. The highest BCUT2D eigenvalue weighted by Crippen LogP contribution is 2.17. The molecule has 0 amide bonds. The van der Waals surface area contributed by atoms with E-state index in [1.54, 1.807) is 0 Å². The predicted molar refractivity (Wildman–Crippen MR) is 42.6 cm³/mol. The second-order valence-electron chi connectivity index (χ2n) is 2.46. The van der Waals surface area contributed by atoms with Crippen molar-refractivity contribution in [2.75, 3.05) is 0 Å². The number of halogens is 6. The largest absolute Gasteiger partial charge is 0.491 e. The second-order valence-corrected chi connectivity index (χ2v) is 2.46. The van der Waals surface area contributed by atoms with Gasteiger partial charge in [-0.15, -0.1) is 0 Å². The van der Waals surface area contributed by atoms with Crippen LogP contribution in [0.5, 0.6) is 0 Å². The molecule has 0 saturated heterocycles. The summed E-state index contributed by atoms with van der Waals surface area (Å²) < 4.78 is 76.3. The van der Waals surface area contributed by atoms with E-state index in [-0.39, 0.29) is 12.5 Å². The first-order valence-electron chi connectivity index (χ1n) is 3.92. The molecule has 0 fully saturated rings. The maximum Gasteiger partial charge on any atom is 0.491 e. The van der Waals surface area contributed by atoms with E-state index in [1.165, 1.54) is 0 Å². The van der Waals surface area contributed by atoms with Crippen LogP contribution in [0.1, 0.15) is 0 Å². The van der Waals surface area contributed by atoms with Gasteiger partial charge in [0.2, 0.25) is 0 Å². The summed E-state index contributed by atoms with van der Waals surface area (Å²) in [7, 11) is 0. The van der Waals surface area contributed by atoms with Crippen molar-refractivity contribution in [2.45, 2.75) is 12.4 Å². The number of rotatable bonds is 3. The van der Waals surface area contributed by atoms with Gasteiger partial charge in [0.15, 0.2) is 0 Å². The molecule has 0 rings (SSSR count). The molecule has 0 spiro atoms. The number of carbonyl (C=O) groups is 2. The molecule has 0 aromatic heterocycles. The fraction of sp³-hybridized carbons (Fsp3) is 0.250. The van der Waals surface area contributed by atoms with E-state index >= 15 is 0 Å². The molecule has 102 valence electrons. The molecule has 0 heterocycles. The number of allylic oxidation sites excluding steroid dienone is 2. The van der Waals surface area contributed by atoms with Crippen molar-refractivity contribution in [3.05, 3.63) is 24.7 Å². The van der Waals surface area contributed by atoms with Crippen molar-refractivity contribution in [1.82, 2.24) is 0 Å². The highest BCUT2D eigenvalue weighted by Gasteiger charge is 2.41. The summed E-state index contributed by atoms with van der Waals surface area (Å²) in [5.74, 6) is -5.00. The molecule has 0 saturated carbocycles. The molecule has 0 unspecified atom stereocenters. The molecule has 0 aromatic carbocycles. The van der Waals surface area contributed by atoms with Gasteiger partial charge in [-0.05, 0) is 12.2 Å². The highest BCUT2D eigenvalue weighted by atomic mass is 19.4. The van der Waals surface area contributed by atoms with Crippen LogP contribution in [-0.4, -0.2) is 24.3 Å². The zero-order valence-electron chi connectivity index (χ0n) is 8.21. The highest BCUT2D eigenvalue weighted by molar-refractivity contribution is 5.76. The van der Waals surface area contributed by atoms with E-state index < -0.39 is 24.3 Å². The Labute approximate surface area is 95.5 Å².